The highest BCUT2D eigenvalue weighted by Crippen LogP contribution is 2.28. The summed E-state index contributed by atoms with van der Waals surface area (Å²) in [5.74, 6) is 0.0603. The van der Waals surface area contributed by atoms with Crippen LogP contribution >= 0.6 is 11.8 Å². The van der Waals surface area contributed by atoms with Crippen LogP contribution in [0.25, 0.3) is 0 Å². The fourth-order valence-corrected chi connectivity index (χ4v) is 2.54. The van der Waals surface area contributed by atoms with E-state index in [1.165, 1.54) is 11.8 Å². The zero-order valence-corrected chi connectivity index (χ0v) is 11.1. The maximum atomic E-state index is 7.58. The number of hydrogen-bond acceptors (Lipinski definition) is 4. The minimum atomic E-state index is 0.0603. The quantitative estimate of drug-likeness (QED) is 0.504. The topological polar surface area (TPSA) is 75.7 Å². The Bertz CT molecular complexity index is 595. The standard InChI is InChI=1S/C13H14N4S/c1-8-3-4-10(12(14)15)11(7-8)18-13-16-6-5-9(2)17-13/h3-7H,1-2H3,(H3,14,15). The predicted molar refractivity (Wildman–Crippen MR) is 73.1 cm³/mol. The lowest BCUT2D eigenvalue weighted by Crippen LogP contribution is -2.12. The summed E-state index contributed by atoms with van der Waals surface area (Å²) < 4.78 is 0. The SMILES string of the molecule is Cc1ccc(C(=N)N)c(Sc2nccc(C)n2)c1. The van der Waals surface area contributed by atoms with E-state index in [1.807, 2.05) is 38.1 Å². The van der Waals surface area contributed by atoms with Crippen LogP contribution in [0.4, 0.5) is 0 Å². The molecule has 18 heavy (non-hydrogen) atoms. The summed E-state index contributed by atoms with van der Waals surface area (Å²) in [7, 11) is 0. The zero-order chi connectivity index (χ0) is 13.1. The second kappa shape index (κ2) is 5.18. The highest BCUT2D eigenvalue weighted by atomic mass is 32.2. The molecule has 5 heteroatoms. The van der Waals surface area contributed by atoms with Crippen molar-refractivity contribution in [2.45, 2.75) is 23.9 Å². The molecule has 0 saturated heterocycles. The third-order valence-corrected chi connectivity index (χ3v) is 3.34. The third-order valence-electron chi connectivity index (χ3n) is 2.40. The third kappa shape index (κ3) is 2.87. The molecule has 1 heterocycles. The molecule has 0 fully saturated rings. The Hall–Kier alpha value is -1.88. The molecule has 0 atom stereocenters. The largest absolute Gasteiger partial charge is 0.384 e. The van der Waals surface area contributed by atoms with Crippen molar-refractivity contribution in [3.05, 3.63) is 47.3 Å². The van der Waals surface area contributed by atoms with E-state index < -0.39 is 0 Å². The molecule has 0 aliphatic carbocycles. The van der Waals surface area contributed by atoms with Crippen molar-refractivity contribution < 1.29 is 0 Å². The van der Waals surface area contributed by atoms with Crippen molar-refractivity contribution in [1.82, 2.24) is 9.97 Å². The van der Waals surface area contributed by atoms with Crippen LogP contribution in [0.15, 0.2) is 40.5 Å². The Labute approximate surface area is 110 Å². The van der Waals surface area contributed by atoms with Crippen molar-refractivity contribution in [3.63, 3.8) is 0 Å². The molecule has 4 nitrogen and oxygen atoms in total. The first-order valence-electron chi connectivity index (χ1n) is 5.49. The Morgan fingerprint density at radius 1 is 1.28 bits per heavy atom. The van der Waals surface area contributed by atoms with Gasteiger partial charge in [-0.05, 0) is 49.4 Å². The number of aromatic nitrogens is 2. The van der Waals surface area contributed by atoms with Gasteiger partial charge < -0.3 is 5.73 Å². The zero-order valence-electron chi connectivity index (χ0n) is 10.3. The van der Waals surface area contributed by atoms with Crippen molar-refractivity contribution in [3.8, 4) is 0 Å². The maximum absolute atomic E-state index is 7.58. The molecule has 0 amide bonds. The lowest BCUT2D eigenvalue weighted by molar-refractivity contribution is 0.932. The summed E-state index contributed by atoms with van der Waals surface area (Å²) in [5.41, 5.74) is 8.34. The molecule has 0 radical (unpaired) electrons. The summed E-state index contributed by atoms with van der Waals surface area (Å²) in [6.07, 6.45) is 1.73. The minimum absolute atomic E-state index is 0.0603. The molecular weight excluding hydrogens is 244 g/mol. The average molecular weight is 258 g/mol. The number of nitrogens with zero attached hydrogens (tertiary/aromatic N) is 2. The molecule has 2 aromatic rings. The number of nitrogen functional groups attached to an aromatic ring is 1. The van der Waals surface area contributed by atoms with E-state index in [1.54, 1.807) is 6.20 Å². The molecule has 0 saturated carbocycles. The molecule has 92 valence electrons. The van der Waals surface area contributed by atoms with Crippen molar-refractivity contribution in [2.75, 3.05) is 0 Å². The average Bonchev–Trinajstić information content (AvgIpc) is 2.28. The molecule has 0 spiro atoms. The predicted octanol–water partition coefficient (Wildman–Crippen LogP) is 2.53. The first kappa shape index (κ1) is 12.6. The van der Waals surface area contributed by atoms with Crippen LogP contribution in [0.5, 0.6) is 0 Å². The molecule has 3 N–H and O–H groups in total. The second-order valence-electron chi connectivity index (χ2n) is 4.00. The minimum Gasteiger partial charge on any atom is -0.384 e. The van der Waals surface area contributed by atoms with Crippen LogP contribution in [-0.4, -0.2) is 15.8 Å². The summed E-state index contributed by atoms with van der Waals surface area (Å²) in [6.45, 7) is 3.93. The lowest BCUT2D eigenvalue weighted by atomic mass is 10.1. The van der Waals surface area contributed by atoms with E-state index in [4.69, 9.17) is 11.1 Å². The Kier molecular flexibility index (Phi) is 3.62. The molecule has 0 unspecified atom stereocenters. The lowest BCUT2D eigenvalue weighted by Gasteiger charge is -2.08. The van der Waals surface area contributed by atoms with Crippen LogP contribution in [0.3, 0.4) is 0 Å². The van der Waals surface area contributed by atoms with E-state index in [2.05, 4.69) is 9.97 Å². The summed E-state index contributed by atoms with van der Waals surface area (Å²) in [4.78, 5) is 9.45. The van der Waals surface area contributed by atoms with Crippen LogP contribution in [0.2, 0.25) is 0 Å². The normalized spacial score (nSPS) is 10.3. The number of nitrogens with two attached hydrogens (primary N) is 1. The molecule has 0 bridgehead atoms. The summed E-state index contributed by atoms with van der Waals surface area (Å²) >= 11 is 1.43. The van der Waals surface area contributed by atoms with Gasteiger partial charge in [-0.25, -0.2) is 9.97 Å². The van der Waals surface area contributed by atoms with Gasteiger partial charge in [-0.1, -0.05) is 6.07 Å². The summed E-state index contributed by atoms with van der Waals surface area (Å²) in [5, 5.41) is 8.25. The smallest absolute Gasteiger partial charge is 0.192 e. The summed E-state index contributed by atoms with van der Waals surface area (Å²) in [6, 6.07) is 7.65. The number of hydrogen-bond donors (Lipinski definition) is 2. The van der Waals surface area contributed by atoms with Gasteiger partial charge in [0.2, 0.25) is 0 Å². The van der Waals surface area contributed by atoms with Crippen molar-refractivity contribution in [1.29, 1.82) is 5.41 Å². The Balaban J connectivity index is 2.39. The van der Waals surface area contributed by atoms with E-state index in [0.29, 0.717) is 5.16 Å². The molecule has 0 aliphatic rings. The Morgan fingerprint density at radius 3 is 2.72 bits per heavy atom. The van der Waals surface area contributed by atoms with Crippen LogP contribution < -0.4 is 5.73 Å². The van der Waals surface area contributed by atoms with Gasteiger partial charge in [0.25, 0.3) is 0 Å². The van der Waals surface area contributed by atoms with Gasteiger partial charge in [0.15, 0.2) is 5.16 Å². The number of nitrogens with one attached hydrogen (secondary N) is 1. The van der Waals surface area contributed by atoms with Gasteiger partial charge in [0, 0.05) is 22.3 Å². The van der Waals surface area contributed by atoms with Gasteiger partial charge in [0.1, 0.15) is 5.84 Å². The van der Waals surface area contributed by atoms with Crippen LogP contribution in [0, 0.1) is 19.3 Å². The Morgan fingerprint density at radius 2 is 2.06 bits per heavy atom. The van der Waals surface area contributed by atoms with E-state index in [0.717, 1.165) is 21.7 Å². The van der Waals surface area contributed by atoms with Gasteiger partial charge >= 0.3 is 0 Å². The van der Waals surface area contributed by atoms with Gasteiger partial charge in [-0.15, -0.1) is 0 Å². The highest BCUT2D eigenvalue weighted by molar-refractivity contribution is 7.99. The van der Waals surface area contributed by atoms with Crippen LogP contribution in [0.1, 0.15) is 16.8 Å². The highest BCUT2D eigenvalue weighted by Gasteiger charge is 2.09. The van der Waals surface area contributed by atoms with E-state index in [9.17, 15) is 0 Å². The van der Waals surface area contributed by atoms with Gasteiger partial charge in [0.05, 0.1) is 0 Å². The number of aryl methyl sites for hydroxylation is 2. The fraction of sp³-hybridized carbons (Fsp3) is 0.154. The van der Waals surface area contributed by atoms with Crippen LogP contribution in [-0.2, 0) is 0 Å². The van der Waals surface area contributed by atoms with Gasteiger partial charge in [-0.3, -0.25) is 5.41 Å². The molecule has 1 aromatic carbocycles. The molecule has 0 aliphatic heterocycles. The number of benzene rings is 1. The molecular formula is C13H14N4S. The number of rotatable bonds is 3. The first-order chi connectivity index (χ1) is 8.56. The van der Waals surface area contributed by atoms with E-state index in [-0.39, 0.29) is 5.84 Å². The van der Waals surface area contributed by atoms with Crippen molar-refractivity contribution in [2.24, 2.45) is 5.73 Å². The maximum Gasteiger partial charge on any atom is 0.192 e. The molecule has 2 rings (SSSR count). The van der Waals surface area contributed by atoms with Gasteiger partial charge in [-0.2, -0.15) is 0 Å². The monoisotopic (exact) mass is 258 g/mol. The van der Waals surface area contributed by atoms with E-state index >= 15 is 0 Å². The first-order valence-corrected chi connectivity index (χ1v) is 6.30. The van der Waals surface area contributed by atoms with Crippen molar-refractivity contribution >= 4 is 17.6 Å². The molecule has 1 aromatic heterocycles. The second-order valence-corrected chi connectivity index (χ2v) is 5.01. The number of amidine groups is 1. The fourth-order valence-electron chi connectivity index (χ4n) is 1.51.